The zero-order valence-electron chi connectivity index (χ0n) is 10.3. The Hall–Kier alpha value is -0.511. The summed E-state index contributed by atoms with van der Waals surface area (Å²) in [6, 6.07) is 10.4. The van der Waals surface area contributed by atoms with Crippen LogP contribution in [0.2, 0.25) is 14.8 Å². The molecule has 2 nitrogen and oxygen atoms in total. The van der Waals surface area contributed by atoms with Crippen molar-refractivity contribution in [3.05, 3.63) is 35.9 Å². The van der Waals surface area contributed by atoms with Crippen LogP contribution in [0.3, 0.4) is 0 Å². The van der Waals surface area contributed by atoms with Crippen molar-refractivity contribution < 1.29 is 0 Å². The molecule has 0 N–H and O–H groups in total. The second kappa shape index (κ2) is 5.01. The summed E-state index contributed by atoms with van der Waals surface area (Å²) < 4.78 is 2.41. The van der Waals surface area contributed by atoms with Crippen LogP contribution >= 0.6 is 0 Å². The summed E-state index contributed by atoms with van der Waals surface area (Å²) in [6.45, 7) is 0. The quantitative estimate of drug-likeness (QED) is 0.466. The van der Waals surface area contributed by atoms with E-state index in [-0.39, 0.29) is 0 Å². The zero-order valence-corrected chi connectivity index (χ0v) is 13.1. The molecule has 1 aromatic rings. The number of hydrogen-bond donors (Lipinski definition) is 0. The second-order valence-corrected chi connectivity index (χ2v) is 18.9. The SMILES string of the molecule is CN=C(c1ccccc1)[N](C)[Sn]([CH3])([CH3])[CH3]. The maximum atomic E-state index is 4.42. The average molecular weight is 311 g/mol. The van der Waals surface area contributed by atoms with Crippen molar-refractivity contribution >= 4 is 24.5 Å². The van der Waals surface area contributed by atoms with Crippen LogP contribution in [0.4, 0.5) is 0 Å². The average Bonchev–Trinajstić information content (AvgIpc) is 2.19. The van der Waals surface area contributed by atoms with E-state index in [1.165, 1.54) is 5.56 Å². The Morgan fingerprint density at radius 3 is 2.07 bits per heavy atom. The molecule has 15 heavy (non-hydrogen) atoms. The van der Waals surface area contributed by atoms with Crippen molar-refractivity contribution in [2.45, 2.75) is 14.8 Å². The molecular formula is C12H20N2Sn. The third-order valence-electron chi connectivity index (χ3n) is 2.57. The Balaban J connectivity index is 3.02. The van der Waals surface area contributed by atoms with Gasteiger partial charge >= 0.3 is 97.4 Å². The van der Waals surface area contributed by atoms with Crippen molar-refractivity contribution in [1.82, 2.24) is 3.12 Å². The van der Waals surface area contributed by atoms with E-state index < -0.39 is 18.7 Å². The van der Waals surface area contributed by atoms with Crippen molar-refractivity contribution in [2.24, 2.45) is 4.99 Å². The van der Waals surface area contributed by atoms with Crippen LogP contribution in [0.25, 0.3) is 0 Å². The first-order chi connectivity index (χ1) is 6.96. The fourth-order valence-electron chi connectivity index (χ4n) is 1.38. The first kappa shape index (κ1) is 12.6. The molecule has 0 aromatic heterocycles. The number of amidine groups is 1. The molecule has 0 heterocycles. The molecule has 0 aliphatic heterocycles. The van der Waals surface area contributed by atoms with Gasteiger partial charge in [-0.3, -0.25) is 0 Å². The minimum atomic E-state index is -2.05. The molecule has 0 fully saturated rings. The summed E-state index contributed by atoms with van der Waals surface area (Å²) in [5.74, 6) is 1.12. The summed E-state index contributed by atoms with van der Waals surface area (Å²) in [4.78, 5) is 11.6. The van der Waals surface area contributed by atoms with Crippen LogP contribution in [-0.4, -0.2) is 41.7 Å². The van der Waals surface area contributed by atoms with Crippen LogP contribution in [0.5, 0.6) is 0 Å². The summed E-state index contributed by atoms with van der Waals surface area (Å²) in [5, 5.41) is 0. The van der Waals surface area contributed by atoms with Crippen LogP contribution in [0, 0.1) is 0 Å². The third-order valence-corrected chi connectivity index (χ3v) is 8.92. The summed E-state index contributed by atoms with van der Waals surface area (Å²) in [5.41, 5.74) is 1.22. The van der Waals surface area contributed by atoms with E-state index in [9.17, 15) is 0 Å². The predicted molar refractivity (Wildman–Crippen MR) is 70.0 cm³/mol. The molecule has 0 spiro atoms. The van der Waals surface area contributed by atoms with Crippen molar-refractivity contribution in [3.8, 4) is 0 Å². The summed E-state index contributed by atoms with van der Waals surface area (Å²) >= 11 is -2.05. The number of nitrogens with zero attached hydrogens (tertiary/aromatic N) is 2. The van der Waals surface area contributed by atoms with E-state index in [1.54, 1.807) is 0 Å². The third kappa shape index (κ3) is 3.23. The molecule has 82 valence electrons. The summed E-state index contributed by atoms with van der Waals surface area (Å²) in [7, 11) is 4.04. The van der Waals surface area contributed by atoms with Crippen molar-refractivity contribution in [2.75, 3.05) is 14.1 Å². The fraction of sp³-hybridized carbons (Fsp3) is 0.417. The Bertz CT molecular complexity index is 338. The predicted octanol–water partition coefficient (Wildman–Crippen LogP) is 2.83. The Kier molecular flexibility index (Phi) is 4.20. The van der Waals surface area contributed by atoms with E-state index in [2.05, 4.69) is 54.2 Å². The summed E-state index contributed by atoms with van der Waals surface area (Å²) in [6.07, 6.45) is 0. The maximum absolute atomic E-state index is 4.42. The number of hydrogen-bond acceptors (Lipinski definition) is 1. The molecule has 0 aliphatic rings. The van der Waals surface area contributed by atoms with Gasteiger partial charge in [-0.1, -0.05) is 0 Å². The normalized spacial score (nSPS) is 12.7. The number of aliphatic imine (C=N–C) groups is 1. The van der Waals surface area contributed by atoms with E-state index in [0.29, 0.717) is 0 Å². The van der Waals surface area contributed by atoms with E-state index in [0.717, 1.165) is 5.84 Å². The van der Waals surface area contributed by atoms with Gasteiger partial charge in [0.2, 0.25) is 0 Å². The molecule has 1 aromatic carbocycles. The first-order valence-electron chi connectivity index (χ1n) is 5.23. The topological polar surface area (TPSA) is 15.6 Å². The Morgan fingerprint density at radius 2 is 1.67 bits per heavy atom. The van der Waals surface area contributed by atoms with Gasteiger partial charge in [0, 0.05) is 0 Å². The van der Waals surface area contributed by atoms with Gasteiger partial charge in [0.25, 0.3) is 0 Å². The Labute approximate surface area is 97.2 Å². The molecule has 0 bridgehead atoms. The zero-order chi connectivity index (χ0) is 11.5. The van der Waals surface area contributed by atoms with Gasteiger partial charge in [-0.25, -0.2) is 0 Å². The van der Waals surface area contributed by atoms with E-state index in [1.807, 2.05) is 13.1 Å². The molecule has 0 amide bonds. The Morgan fingerprint density at radius 1 is 1.13 bits per heavy atom. The fourth-order valence-corrected chi connectivity index (χ4v) is 3.85. The van der Waals surface area contributed by atoms with Gasteiger partial charge in [0.1, 0.15) is 0 Å². The van der Waals surface area contributed by atoms with Crippen LogP contribution in [0.15, 0.2) is 35.3 Å². The van der Waals surface area contributed by atoms with Gasteiger partial charge in [-0.05, 0) is 0 Å². The molecule has 0 unspecified atom stereocenters. The van der Waals surface area contributed by atoms with Crippen LogP contribution < -0.4 is 0 Å². The molecule has 0 radical (unpaired) electrons. The molecular weight excluding hydrogens is 291 g/mol. The van der Waals surface area contributed by atoms with Gasteiger partial charge in [0.15, 0.2) is 0 Å². The number of rotatable bonds is 2. The molecule has 1 rings (SSSR count). The number of benzene rings is 1. The standard InChI is InChI=1S/C9H11N2.3CH3.Sn/c1-10-9(11-2)8-6-4-3-5-7-8;;;;/h3-7H,1-2H3;3*1H3;/q-1;;;;+1. The van der Waals surface area contributed by atoms with Gasteiger partial charge < -0.3 is 0 Å². The monoisotopic (exact) mass is 312 g/mol. The first-order valence-corrected chi connectivity index (χ1v) is 15.1. The molecule has 0 aliphatic carbocycles. The van der Waals surface area contributed by atoms with Gasteiger partial charge in [0.05, 0.1) is 0 Å². The second-order valence-electron chi connectivity index (χ2n) is 4.64. The van der Waals surface area contributed by atoms with Crippen LogP contribution in [0.1, 0.15) is 5.56 Å². The van der Waals surface area contributed by atoms with E-state index >= 15 is 0 Å². The van der Waals surface area contributed by atoms with Crippen molar-refractivity contribution in [1.29, 1.82) is 0 Å². The van der Waals surface area contributed by atoms with Gasteiger partial charge in [-0.2, -0.15) is 0 Å². The van der Waals surface area contributed by atoms with E-state index in [4.69, 9.17) is 0 Å². The molecule has 3 heteroatoms. The molecule has 0 saturated carbocycles. The van der Waals surface area contributed by atoms with Gasteiger partial charge in [-0.15, -0.1) is 0 Å². The minimum absolute atomic E-state index is 1.12. The van der Waals surface area contributed by atoms with Crippen LogP contribution in [-0.2, 0) is 0 Å². The molecule has 0 atom stereocenters. The molecule has 0 saturated heterocycles. The van der Waals surface area contributed by atoms with Crippen molar-refractivity contribution in [3.63, 3.8) is 0 Å².